The zero-order valence-electron chi connectivity index (χ0n) is 29.9. The van der Waals surface area contributed by atoms with Crippen molar-refractivity contribution < 1.29 is 24.5 Å². The van der Waals surface area contributed by atoms with Gasteiger partial charge in [0.2, 0.25) is 0 Å². The van der Waals surface area contributed by atoms with Crippen molar-refractivity contribution in [2.75, 3.05) is 25.5 Å². The van der Waals surface area contributed by atoms with Crippen molar-refractivity contribution in [2.45, 2.75) is 82.8 Å². The topological polar surface area (TPSA) is 99.1 Å². The average molecular weight is 707 g/mol. The number of allylic oxidation sites excluding steroid dienone is 2. The summed E-state index contributed by atoms with van der Waals surface area (Å²) in [6.45, 7) is 4.89. The van der Waals surface area contributed by atoms with E-state index in [0.717, 1.165) is 24.0 Å². The minimum Gasteiger partial charge on any atom is -0.497 e. The number of ether oxygens (including phenoxy) is 1. The smallest absolute Gasteiger partial charge is 0.321 e. The Morgan fingerprint density at radius 3 is 2.51 bits per heavy atom. The quantitative estimate of drug-likeness (QED) is 0.119. The first-order chi connectivity index (χ1) is 24.6. The number of nitrogens with one attached hydrogen (secondary N) is 1. The lowest BCUT2D eigenvalue weighted by Crippen LogP contribution is -2.54. The molecule has 3 N–H and O–H groups in total. The molecule has 51 heavy (non-hydrogen) atoms. The van der Waals surface area contributed by atoms with Crippen LogP contribution in [0.3, 0.4) is 0 Å². The number of para-hydroxylation sites is 1. The van der Waals surface area contributed by atoms with Gasteiger partial charge in [-0.1, -0.05) is 55.0 Å². The largest absolute Gasteiger partial charge is 0.497 e. The van der Waals surface area contributed by atoms with Crippen LogP contribution in [-0.4, -0.2) is 58.8 Å². The van der Waals surface area contributed by atoms with Crippen LogP contribution in [0.4, 0.5) is 10.5 Å². The monoisotopic (exact) mass is 706 g/mol. The molecule has 0 aliphatic heterocycles. The fourth-order valence-electron chi connectivity index (χ4n) is 8.09. The van der Waals surface area contributed by atoms with Crippen molar-refractivity contribution in [1.29, 1.82) is 0 Å². The van der Waals surface area contributed by atoms with Crippen LogP contribution in [0.15, 0.2) is 102 Å². The van der Waals surface area contributed by atoms with Crippen LogP contribution in [0.2, 0.25) is 0 Å². The number of anilines is 1. The molecule has 3 aliphatic rings. The number of benzene rings is 3. The maximum atomic E-state index is 14.4. The van der Waals surface area contributed by atoms with Crippen LogP contribution in [0.5, 0.6) is 5.75 Å². The molecule has 1 saturated carbocycles. The van der Waals surface area contributed by atoms with Gasteiger partial charge in [0.25, 0.3) is 0 Å². The zero-order chi connectivity index (χ0) is 36.0. The highest BCUT2D eigenvalue weighted by molar-refractivity contribution is 7.09. The van der Waals surface area contributed by atoms with Crippen LogP contribution in [0.1, 0.15) is 90.2 Å². The summed E-state index contributed by atoms with van der Waals surface area (Å²) in [7, 11) is 1.60. The summed E-state index contributed by atoms with van der Waals surface area (Å²) < 4.78 is 5.35. The summed E-state index contributed by atoms with van der Waals surface area (Å²) >= 11 is 1.67. The van der Waals surface area contributed by atoms with Crippen LogP contribution in [0.25, 0.3) is 0 Å². The molecule has 0 saturated heterocycles. The van der Waals surface area contributed by atoms with Gasteiger partial charge in [0.15, 0.2) is 5.78 Å². The van der Waals surface area contributed by atoms with Gasteiger partial charge in [0.05, 0.1) is 25.4 Å². The Balaban J connectivity index is 1.39. The van der Waals surface area contributed by atoms with E-state index in [2.05, 4.69) is 37.4 Å². The molecule has 8 heteroatoms. The number of thiophene rings is 1. The molecule has 1 aromatic heterocycles. The fraction of sp³-hybridized carbons (Fsp3) is 0.395. The van der Waals surface area contributed by atoms with Crippen molar-refractivity contribution >= 4 is 28.8 Å². The Kier molecular flexibility index (Phi) is 11.4. The minimum absolute atomic E-state index is 0.0931. The van der Waals surface area contributed by atoms with E-state index in [4.69, 9.17) is 4.74 Å². The number of nitrogens with zero attached hydrogens (tertiary/aromatic N) is 1. The Morgan fingerprint density at radius 2 is 1.78 bits per heavy atom. The lowest BCUT2D eigenvalue weighted by molar-refractivity contribution is -0.0762. The third kappa shape index (κ3) is 8.30. The number of carbonyl (C=O) groups excluding carboxylic acids is 2. The summed E-state index contributed by atoms with van der Waals surface area (Å²) in [5.74, 6) is 0.436. The van der Waals surface area contributed by atoms with Gasteiger partial charge < -0.3 is 25.2 Å². The Morgan fingerprint density at radius 1 is 1.00 bits per heavy atom. The van der Waals surface area contributed by atoms with Crippen LogP contribution in [0, 0.1) is 5.41 Å². The fourth-order valence-corrected chi connectivity index (χ4v) is 8.78. The molecule has 3 aromatic carbocycles. The van der Waals surface area contributed by atoms with Gasteiger partial charge >= 0.3 is 6.03 Å². The standard InChI is InChI=1S/C43H50N2O5S/c1-30-9-7-23-42(2)39(37-20-14-31(27-34(46)17-13-30)28-38(37)40(47)32-15-18-35(50-3)19-16-32)21-24-43(42,49)29-45(25-22-36-12-8-26-51-36)41(48)44-33-10-5-4-6-11-33/h4-6,8-12,14-16,18-20,26,28,34,39,46,49H,7,13,17,21-25,27,29H2,1-3H3,(H,44,48)/t34-,39-,42-,43+/m0/s1. The van der Waals surface area contributed by atoms with E-state index in [1.165, 1.54) is 10.5 Å². The second-order valence-corrected chi connectivity index (χ2v) is 15.6. The van der Waals surface area contributed by atoms with Crippen LogP contribution in [-0.2, 0) is 12.8 Å². The molecule has 7 rings (SSSR count). The van der Waals surface area contributed by atoms with E-state index >= 15 is 0 Å². The number of methoxy groups -OCH3 is 1. The lowest BCUT2D eigenvalue weighted by Gasteiger charge is -2.46. The highest BCUT2D eigenvalue weighted by Crippen LogP contribution is 2.59. The first-order valence-corrected chi connectivity index (χ1v) is 19.0. The van der Waals surface area contributed by atoms with E-state index in [-0.39, 0.29) is 24.3 Å². The first-order valence-electron chi connectivity index (χ1n) is 18.1. The normalized spacial score (nSPS) is 23.5. The van der Waals surface area contributed by atoms with Gasteiger partial charge in [0.1, 0.15) is 5.75 Å². The third-order valence-corrected chi connectivity index (χ3v) is 12.2. The van der Waals surface area contributed by atoms with Crippen LogP contribution < -0.4 is 10.1 Å². The average Bonchev–Trinajstić information content (AvgIpc) is 3.75. The van der Waals surface area contributed by atoms with Crippen molar-refractivity contribution in [3.63, 3.8) is 0 Å². The van der Waals surface area contributed by atoms with Crippen molar-refractivity contribution in [2.24, 2.45) is 5.41 Å². The predicted octanol–water partition coefficient (Wildman–Crippen LogP) is 8.80. The molecule has 4 aromatic rings. The molecule has 1 heterocycles. The number of aliphatic hydroxyl groups excluding tert-OH is 1. The highest BCUT2D eigenvalue weighted by Gasteiger charge is 2.57. The number of amides is 2. The van der Waals surface area contributed by atoms with E-state index in [9.17, 15) is 19.8 Å². The van der Waals surface area contributed by atoms with Crippen LogP contribution >= 0.6 is 11.3 Å². The molecule has 2 bridgehead atoms. The Hall–Kier alpha value is -4.24. The van der Waals surface area contributed by atoms with E-state index < -0.39 is 17.1 Å². The predicted molar refractivity (Wildman–Crippen MR) is 205 cm³/mol. The van der Waals surface area contributed by atoms with Gasteiger partial charge in [-0.3, -0.25) is 4.79 Å². The molecular weight excluding hydrogens is 657 g/mol. The molecule has 1 fully saturated rings. The summed E-state index contributed by atoms with van der Waals surface area (Å²) in [4.78, 5) is 31.3. The molecule has 0 unspecified atom stereocenters. The zero-order valence-corrected chi connectivity index (χ0v) is 30.8. The van der Waals surface area contributed by atoms with Crippen molar-refractivity contribution in [3.8, 4) is 5.75 Å². The number of hydrogen-bond acceptors (Lipinski definition) is 6. The number of carbonyl (C=O) groups is 2. The first kappa shape index (κ1) is 36.5. The molecule has 0 spiro atoms. The van der Waals surface area contributed by atoms with Gasteiger partial charge in [-0.15, -0.1) is 11.3 Å². The molecule has 268 valence electrons. The Bertz CT molecular complexity index is 1820. The van der Waals surface area contributed by atoms with Gasteiger partial charge in [-0.05, 0) is 129 Å². The van der Waals surface area contributed by atoms with Gasteiger partial charge in [-0.2, -0.15) is 0 Å². The highest BCUT2D eigenvalue weighted by atomic mass is 32.1. The maximum Gasteiger partial charge on any atom is 0.321 e. The van der Waals surface area contributed by atoms with Gasteiger partial charge in [0, 0.05) is 33.7 Å². The van der Waals surface area contributed by atoms with Crippen molar-refractivity contribution in [1.82, 2.24) is 4.90 Å². The second-order valence-electron chi connectivity index (χ2n) is 14.6. The molecular formula is C43H50N2O5S. The maximum absolute atomic E-state index is 14.4. The molecule has 3 aliphatic carbocycles. The number of fused-ring (bicyclic) bond motifs is 8. The summed E-state index contributed by atoms with van der Waals surface area (Å²) in [5, 5.41) is 29.1. The number of hydrogen-bond donors (Lipinski definition) is 3. The number of rotatable bonds is 9. The summed E-state index contributed by atoms with van der Waals surface area (Å²) in [6.07, 6.45) is 6.83. The third-order valence-electron chi connectivity index (χ3n) is 11.2. The minimum atomic E-state index is -1.23. The molecule has 4 atom stereocenters. The van der Waals surface area contributed by atoms with E-state index in [1.54, 1.807) is 47.6 Å². The number of aliphatic hydroxyl groups is 2. The van der Waals surface area contributed by atoms with Gasteiger partial charge in [-0.25, -0.2) is 4.79 Å². The Labute approximate surface area is 306 Å². The summed E-state index contributed by atoms with van der Waals surface area (Å²) in [6, 6.07) is 26.5. The lowest BCUT2D eigenvalue weighted by atomic mass is 9.64. The van der Waals surface area contributed by atoms with E-state index in [1.807, 2.05) is 53.9 Å². The summed E-state index contributed by atoms with van der Waals surface area (Å²) in [5.41, 5.74) is 3.01. The van der Waals surface area contributed by atoms with E-state index in [0.29, 0.717) is 67.6 Å². The number of urea groups is 1. The van der Waals surface area contributed by atoms with Crippen molar-refractivity contribution in [3.05, 3.63) is 129 Å². The molecule has 0 radical (unpaired) electrons. The molecule has 2 amide bonds. The SMILES string of the molecule is COc1ccc(C(=O)c2cc3ccc2[C@@H]2CC[C@@](O)(CN(CCc4cccs4)C(=O)Nc4ccccc4)[C@@]2(C)CCC=C(C)CC[C@H](O)C3)cc1. The number of ketones is 1. The molecule has 7 nitrogen and oxygen atoms in total. The second kappa shape index (κ2) is 16.0.